The highest BCUT2D eigenvalue weighted by Crippen LogP contribution is 2.23. The highest BCUT2D eigenvalue weighted by atomic mass is 32.2. The number of amides is 1. The Morgan fingerprint density at radius 2 is 1.62 bits per heavy atom. The molecule has 0 atom stereocenters. The normalized spacial score (nSPS) is 14.1. The SMILES string of the molecule is CC(C)NS(=O)(=O)c1ccc(NC(=O)c2ccc3c(c2)CCCC3)cc1. The van der Waals surface area contributed by atoms with E-state index in [2.05, 4.69) is 10.0 Å². The molecule has 1 amide bonds. The molecule has 6 heteroatoms. The van der Waals surface area contributed by atoms with E-state index in [1.54, 1.807) is 26.0 Å². The summed E-state index contributed by atoms with van der Waals surface area (Å²) in [7, 11) is -3.53. The maximum atomic E-state index is 12.5. The van der Waals surface area contributed by atoms with Crippen LogP contribution in [-0.4, -0.2) is 20.4 Å². The van der Waals surface area contributed by atoms with Gasteiger partial charge in [-0.05, 0) is 87.1 Å². The van der Waals surface area contributed by atoms with E-state index in [-0.39, 0.29) is 16.8 Å². The molecular formula is C20H24N2O3S. The Morgan fingerprint density at radius 3 is 2.27 bits per heavy atom. The Hall–Kier alpha value is -2.18. The molecule has 0 saturated carbocycles. The lowest BCUT2D eigenvalue weighted by atomic mass is 9.90. The summed E-state index contributed by atoms with van der Waals surface area (Å²) in [6, 6.07) is 11.9. The molecule has 0 saturated heterocycles. The number of hydrogen-bond donors (Lipinski definition) is 2. The van der Waals surface area contributed by atoms with Crippen LogP contribution in [0.3, 0.4) is 0 Å². The number of carbonyl (C=O) groups is 1. The van der Waals surface area contributed by atoms with Gasteiger partial charge < -0.3 is 5.32 Å². The maximum absolute atomic E-state index is 12.5. The summed E-state index contributed by atoms with van der Waals surface area (Å²) in [5.74, 6) is -0.186. The largest absolute Gasteiger partial charge is 0.322 e. The first-order valence-corrected chi connectivity index (χ1v) is 10.4. The fourth-order valence-corrected chi connectivity index (χ4v) is 4.42. The molecule has 2 N–H and O–H groups in total. The number of anilines is 1. The minimum atomic E-state index is -3.53. The molecule has 0 bridgehead atoms. The Balaban J connectivity index is 1.72. The minimum Gasteiger partial charge on any atom is -0.322 e. The number of aryl methyl sites for hydroxylation is 2. The van der Waals surface area contributed by atoms with Gasteiger partial charge in [0.2, 0.25) is 10.0 Å². The molecule has 0 heterocycles. The van der Waals surface area contributed by atoms with Crippen molar-refractivity contribution in [3.63, 3.8) is 0 Å². The number of rotatable bonds is 5. The van der Waals surface area contributed by atoms with E-state index in [4.69, 9.17) is 0 Å². The van der Waals surface area contributed by atoms with Gasteiger partial charge in [-0.1, -0.05) is 6.07 Å². The monoisotopic (exact) mass is 372 g/mol. The number of fused-ring (bicyclic) bond motifs is 1. The number of hydrogen-bond acceptors (Lipinski definition) is 3. The van der Waals surface area contributed by atoms with Crippen LogP contribution in [0.4, 0.5) is 5.69 Å². The Kier molecular flexibility index (Phi) is 5.44. The molecule has 1 aliphatic rings. The van der Waals surface area contributed by atoms with Crippen LogP contribution >= 0.6 is 0 Å². The van der Waals surface area contributed by atoms with Gasteiger partial charge in [-0.2, -0.15) is 0 Å². The standard InChI is InChI=1S/C20H24N2O3S/c1-14(2)22-26(24,25)19-11-9-18(10-12-19)21-20(23)17-8-7-15-5-3-4-6-16(15)13-17/h7-14,22H,3-6H2,1-2H3,(H,21,23). The van der Waals surface area contributed by atoms with Crippen molar-refractivity contribution in [2.45, 2.75) is 50.5 Å². The third-order valence-corrected chi connectivity index (χ3v) is 6.10. The van der Waals surface area contributed by atoms with Crippen molar-refractivity contribution in [2.75, 3.05) is 5.32 Å². The second-order valence-electron chi connectivity index (χ2n) is 6.95. The van der Waals surface area contributed by atoms with Gasteiger partial charge in [-0.15, -0.1) is 0 Å². The zero-order chi connectivity index (χ0) is 18.7. The second kappa shape index (κ2) is 7.60. The van der Waals surface area contributed by atoms with Gasteiger partial charge in [-0.25, -0.2) is 13.1 Å². The Labute approximate surface area is 154 Å². The maximum Gasteiger partial charge on any atom is 0.255 e. The third-order valence-electron chi connectivity index (χ3n) is 4.42. The van der Waals surface area contributed by atoms with Gasteiger partial charge in [0.25, 0.3) is 5.91 Å². The first-order chi connectivity index (χ1) is 12.3. The highest BCUT2D eigenvalue weighted by Gasteiger charge is 2.16. The molecule has 0 fully saturated rings. The zero-order valence-electron chi connectivity index (χ0n) is 15.1. The van der Waals surface area contributed by atoms with Crippen LogP contribution in [0.15, 0.2) is 47.4 Å². The lowest BCUT2D eigenvalue weighted by Crippen LogP contribution is -2.30. The number of nitrogens with one attached hydrogen (secondary N) is 2. The number of sulfonamides is 1. The summed E-state index contributed by atoms with van der Waals surface area (Å²) in [4.78, 5) is 12.7. The van der Waals surface area contributed by atoms with Crippen LogP contribution in [0, 0.1) is 0 Å². The van der Waals surface area contributed by atoms with Crippen LogP contribution in [0.25, 0.3) is 0 Å². The van der Waals surface area contributed by atoms with E-state index in [0.717, 1.165) is 12.8 Å². The summed E-state index contributed by atoms with van der Waals surface area (Å²) in [6.45, 7) is 3.54. The van der Waals surface area contributed by atoms with Gasteiger partial charge in [0.15, 0.2) is 0 Å². The van der Waals surface area contributed by atoms with Crippen LogP contribution in [0.5, 0.6) is 0 Å². The fourth-order valence-electron chi connectivity index (χ4n) is 3.17. The molecule has 0 aromatic heterocycles. The summed E-state index contributed by atoms with van der Waals surface area (Å²) >= 11 is 0. The van der Waals surface area contributed by atoms with E-state index >= 15 is 0 Å². The average Bonchev–Trinajstić information content (AvgIpc) is 2.60. The van der Waals surface area contributed by atoms with Crippen molar-refractivity contribution < 1.29 is 13.2 Å². The average molecular weight is 372 g/mol. The highest BCUT2D eigenvalue weighted by molar-refractivity contribution is 7.89. The predicted octanol–water partition coefficient (Wildman–Crippen LogP) is 3.50. The third kappa shape index (κ3) is 4.31. The van der Waals surface area contributed by atoms with E-state index in [1.165, 1.54) is 36.1 Å². The predicted molar refractivity (Wildman–Crippen MR) is 103 cm³/mol. The first kappa shape index (κ1) is 18.6. The zero-order valence-corrected chi connectivity index (χ0v) is 15.9. The second-order valence-corrected chi connectivity index (χ2v) is 8.66. The van der Waals surface area contributed by atoms with Crippen molar-refractivity contribution in [3.8, 4) is 0 Å². The van der Waals surface area contributed by atoms with Gasteiger partial charge in [0.1, 0.15) is 0 Å². The van der Waals surface area contributed by atoms with Crippen molar-refractivity contribution in [1.82, 2.24) is 4.72 Å². The topological polar surface area (TPSA) is 75.3 Å². The lowest BCUT2D eigenvalue weighted by Gasteiger charge is -2.16. The van der Waals surface area contributed by atoms with Crippen molar-refractivity contribution in [1.29, 1.82) is 0 Å². The van der Waals surface area contributed by atoms with E-state index in [1.807, 2.05) is 18.2 Å². The Bertz CT molecular complexity index is 903. The van der Waals surface area contributed by atoms with Crippen LogP contribution < -0.4 is 10.0 Å². The number of carbonyl (C=O) groups excluding carboxylic acids is 1. The summed E-state index contributed by atoms with van der Waals surface area (Å²) in [5, 5.41) is 2.83. The fraction of sp³-hybridized carbons (Fsp3) is 0.350. The molecule has 3 rings (SSSR count). The Morgan fingerprint density at radius 1 is 0.962 bits per heavy atom. The summed E-state index contributed by atoms with van der Waals surface area (Å²) < 4.78 is 26.8. The molecule has 26 heavy (non-hydrogen) atoms. The first-order valence-electron chi connectivity index (χ1n) is 8.91. The number of benzene rings is 2. The molecular weight excluding hydrogens is 348 g/mol. The van der Waals surface area contributed by atoms with Crippen LogP contribution in [0.2, 0.25) is 0 Å². The minimum absolute atomic E-state index is 0.177. The van der Waals surface area contributed by atoms with Crippen molar-refractivity contribution in [2.24, 2.45) is 0 Å². The van der Waals surface area contributed by atoms with Crippen LogP contribution in [-0.2, 0) is 22.9 Å². The van der Waals surface area contributed by atoms with Crippen LogP contribution in [0.1, 0.15) is 48.2 Å². The van der Waals surface area contributed by atoms with Gasteiger partial charge in [0.05, 0.1) is 4.90 Å². The molecule has 1 aliphatic carbocycles. The molecule has 0 spiro atoms. The summed E-state index contributed by atoms with van der Waals surface area (Å²) in [6.07, 6.45) is 4.47. The molecule has 5 nitrogen and oxygen atoms in total. The molecule has 138 valence electrons. The molecule has 2 aromatic rings. The van der Waals surface area contributed by atoms with Crippen molar-refractivity contribution >= 4 is 21.6 Å². The molecule has 0 unspecified atom stereocenters. The van der Waals surface area contributed by atoms with Gasteiger partial charge in [0, 0.05) is 17.3 Å². The molecule has 2 aromatic carbocycles. The van der Waals surface area contributed by atoms with Gasteiger partial charge in [-0.3, -0.25) is 4.79 Å². The van der Waals surface area contributed by atoms with Gasteiger partial charge >= 0.3 is 0 Å². The molecule has 0 radical (unpaired) electrons. The lowest BCUT2D eigenvalue weighted by molar-refractivity contribution is 0.102. The van der Waals surface area contributed by atoms with Crippen molar-refractivity contribution in [3.05, 3.63) is 59.2 Å². The van der Waals surface area contributed by atoms with E-state index in [0.29, 0.717) is 11.3 Å². The summed E-state index contributed by atoms with van der Waals surface area (Å²) in [5.41, 5.74) is 3.78. The smallest absolute Gasteiger partial charge is 0.255 e. The van der Waals surface area contributed by atoms with E-state index < -0.39 is 10.0 Å². The quantitative estimate of drug-likeness (QED) is 0.843. The molecule has 0 aliphatic heterocycles. The van der Waals surface area contributed by atoms with E-state index in [9.17, 15) is 13.2 Å².